The number of benzene rings is 1. The largest absolute Gasteiger partial charge is 0.329 e. The summed E-state index contributed by atoms with van der Waals surface area (Å²) in [4.78, 5) is 7.82. The Hall–Kier alpha value is -1.94. The molecule has 3 nitrogen and oxygen atoms in total. The number of pyridine rings is 1. The van der Waals surface area contributed by atoms with E-state index < -0.39 is 0 Å². The average molecular weight is 297 g/mol. The summed E-state index contributed by atoms with van der Waals surface area (Å²) in [6.07, 6.45) is 1.83. The first-order valence-corrected chi connectivity index (χ1v) is 7.46. The van der Waals surface area contributed by atoms with Crippen LogP contribution in [0.4, 0.5) is 0 Å². The van der Waals surface area contributed by atoms with Crippen molar-refractivity contribution < 1.29 is 0 Å². The van der Waals surface area contributed by atoms with E-state index in [1.165, 1.54) is 5.56 Å². The normalized spacial score (nSPS) is 12.0. The lowest BCUT2D eigenvalue weighted by Gasteiger charge is -2.23. The van der Waals surface area contributed by atoms with E-state index >= 15 is 0 Å². The summed E-state index contributed by atoms with van der Waals surface area (Å²) in [5.74, 6) is 0. The quantitative estimate of drug-likeness (QED) is 0.661. The second-order valence-corrected chi connectivity index (χ2v) is 6.75. The molecule has 21 heavy (non-hydrogen) atoms. The molecule has 1 aromatic carbocycles. The van der Waals surface area contributed by atoms with Crippen LogP contribution in [0, 0.1) is 11.7 Å². The molecule has 0 saturated carbocycles. The van der Waals surface area contributed by atoms with Gasteiger partial charge in [-0.25, -0.2) is 4.98 Å². The molecule has 0 aliphatic rings. The second-order valence-electron chi connectivity index (χ2n) is 6.36. The Kier molecular flexibility index (Phi) is 3.21. The highest BCUT2D eigenvalue weighted by Crippen LogP contribution is 2.30. The zero-order valence-electron chi connectivity index (χ0n) is 12.8. The number of nitrogens with one attached hydrogen (secondary N) is 1. The van der Waals surface area contributed by atoms with Gasteiger partial charge in [0.05, 0.1) is 11.2 Å². The molecule has 4 heteroatoms. The molecule has 0 aliphatic carbocycles. The third kappa shape index (κ3) is 2.29. The van der Waals surface area contributed by atoms with Gasteiger partial charge in [-0.05, 0) is 47.8 Å². The molecule has 0 bridgehead atoms. The number of H-pyrrole nitrogens is 1. The van der Waals surface area contributed by atoms with Crippen molar-refractivity contribution in [2.45, 2.75) is 33.1 Å². The number of aryl methyl sites for hydroxylation is 1. The smallest absolute Gasteiger partial charge is 0.184 e. The molecule has 3 rings (SSSR count). The van der Waals surface area contributed by atoms with Crippen LogP contribution >= 0.6 is 12.2 Å². The summed E-state index contributed by atoms with van der Waals surface area (Å²) in [6, 6.07) is 10.4. The van der Waals surface area contributed by atoms with Gasteiger partial charge in [0.25, 0.3) is 0 Å². The molecule has 2 heterocycles. The van der Waals surface area contributed by atoms with Gasteiger partial charge >= 0.3 is 0 Å². The monoisotopic (exact) mass is 297 g/mol. The predicted octanol–water partition coefficient (Wildman–Crippen LogP) is 4.69. The van der Waals surface area contributed by atoms with Crippen molar-refractivity contribution in [3.8, 4) is 5.69 Å². The minimum Gasteiger partial charge on any atom is -0.329 e. The van der Waals surface area contributed by atoms with E-state index in [1.54, 1.807) is 0 Å². The number of aromatic amines is 1. The van der Waals surface area contributed by atoms with Crippen molar-refractivity contribution >= 4 is 23.4 Å². The van der Waals surface area contributed by atoms with Crippen molar-refractivity contribution in [3.63, 3.8) is 0 Å². The number of fused-ring (bicyclic) bond motifs is 1. The molecule has 0 fully saturated rings. The van der Waals surface area contributed by atoms with Crippen molar-refractivity contribution in [1.29, 1.82) is 0 Å². The molecule has 1 N–H and O–H groups in total. The Balaban J connectivity index is 2.40. The predicted molar refractivity (Wildman–Crippen MR) is 89.7 cm³/mol. The zero-order valence-corrected chi connectivity index (χ0v) is 13.6. The van der Waals surface area contributed by atoms with Gasteiger partial charge < -0.3 is 4.98 Å². The van der Waals surface area contributed by atoms with Crippen molar-refractivity contribution in [2.24, 2.45) is 0 Å². The Labute approximate surface area is 129 Å². The standard InChI is InChI=1S/C17H19N3S/c1-11-9-10-18-15-14(11)19-16(21)20(15)13-8-6-5-7-12(13)17(2,3)4/h5-10H,1-4H3,(H,19,21). The molecular weight excluding hydrogens is 278 g/mol. The molecule has 0 radical (unpaired) electrons. The lowest BCUT2D eigenvalue weighted by Crippen LogP contribution is -2.15. The molecule has 0 amide bonds. The van der Waals surface area contributed by atoms with E-state index in [4.69, 9.17) is 12.2 Å². The molecule has 108 valence electrons. The Morgan fingerprint density at radius 2 is 1.86 bits per heavy atom. The van der Waals surface area contributed by atoms with Gasteiger partial charge in [0.2, 0.25) is 0 Å². The lowest BCUT2D eigenvalue weighted by atomic mass is 9.86. The molecule has 0 atom stereocenters. The van der Waals surface area contributed by atoms with Gasteiger partial charge in [0.15, 0.2) is 10.4 Å². The summed E-state index contributed by atoms with van der Waals surface area (Å²) in [6.45, 7) is 8.70. The van der Waals surface area contributed by atoms with Crippen LogP contribution in [-0.4, -0.2) is 14.5 Å². The van der Waals surface area contributed by atoms with Crippen LogP contribution in [0.25, 0.3) is 16.9 Å². The van der Waals surface area contributed by atoms with E-state index in [-0.39, 0.29) is 5.41 Å². The van der Waals surface area contributed by atoms with Crippen LogP contribution in [0.15, 0.2) is 36.5 Å². The summed E-state index contributed by atoms with van der Waals surface area (Å²) in [5, 5.41) is 0. The first-order valence-electron chi connectivity index (χ1n) is 7.06. The van der Waals surface area contributed by atoms with Crippen LogP contribution in [-0.2, 0) is 5.41 Å². The van der Waals surface area contributed by atoms with Crippen molar-refractivity contribution in [3.05, 3.63) is 52.4 Å². The van der Waals surface area contributed by atoms with Gasteiger partial charge in [-0.3, -0.25) is 4.57 Å². The third-order valence-corrected chi connectivity index (χ3v) is 4.02. The number of rotatable bonds is 1. The number of hydrogen-bond donors (Lipinski definition) is 1. The number of aromatic nitrogens is 3. The third-order valence-electron chi connectivity index (χ3n) is 3.74. The van der Waals surface area contributed by atoms with E-state index in [2.05, 4.69) is 55.9 Å². The van der Waals surface area contributed by atoms with Gasteiger partial charge in [0, 0.05) is 6.20 Å². The van der Waals surface area contributed by atoms with Gasteiger partial charge in [-0.2, -0.15) is 0 Å². The van der Waals surface area contributed by atoms with Crippen molar-refractivity contribution in [1.82, 2.24) is 14.5 Å². The number of hydrogen-bond acceptors (Lipinski definition) is 2. The number of para-hydroxylation sites is 1. The highest BCUT2D eigenvalue weighted by Gasteiger charge is 2.20. The summed E-state index contributed by atoms with van der Waals surface area (Å²) in [5.41, 5.74) is 5.43. The molecular formula is C17H19N3S. The van der Waals surface area contributed by atoms with Gasteiger partial charge in [0.1, 0.15) is 0 Å². The molecule has 0 spiro atoms. The molecule has 0 saturated heterocycles. The van der Waals surface area contributed by atoms with E-state index in [1.807, 2.05) is 22.9 Å². The van der Waals surface area contributed by atoms with Crippen LogP contribution in [0.1, 0.15) is 31.9 Å². The van der Waals surface area contributed by atoms with Gasteiger partial charge in [-0.15, -0.1) is 0 Å². The highest BCUT2D eigenvalue weighted by atomic mass is 32.1. The van der Waals surface area contributed by atoms with Crippen molar-refractivity contribution in [2.75, 3.05) is 0 Å². The summed E-state index contributed by atoms with van der Waals surface area (Å²) < 4.78 is 2.72. The average Bonchev–Trinajstić information content (AvgIpc) is 2.75. The maximum Gasteiger partial charge on any atom is 0.184 e. The SMILES string of the molecule is Cc1ccnc2c1[nH]c(=S)n2-c1ccccc1C(C)(C)C. The molecule has 3 aromatic rings. The highest BCUT2D eigenvalue weighted by molar-refractivity contribution is 7.71. The minimum absolute atomic E-state index is 0.0405. The number of imidazole rings is 1. The van der Waals surface area contributed by atoms with Gasteiger partial charge in [-0.1, -0.05) is 39.0 Å². The second kappa shape index (κ2) is 4.81. The Morgan fingerprint density at radius 3 is 2.57 bits per heavy atom. The van der Waals surface area contributed by atoms with E-state index in [0.29, 0.717) is 4.77 Å². The lowest BCUT2D eigenvalue weighted by molar-refractivity contribution is 0.586. The van der Waals surface area contributed by atoms with Crippen LogP contribution in [0.5, 0.6) is 0 Å². The maximum atomic E-state index is 5.54. The first kappa shape index (κ1) is 14.0. The van der Waals surface area contributed by atoms with E-state index in [9.17, 15) is 0 Å². The van der Waals surface area contributed by atoms with Crippen LogP contribution in [0.2, 0.25) is 0 Å². The fraction of sp³-hybridized carbons (Fsp3) is 0.294. The topological polar surface area (TPSA) is 33.6 Å². The summed E-state index contributed by atoms with van der Waals surface area (Å²) in [7, 11) is 0. The fourth-order valence-electron chi connectivity index (χ4n) is 2.65. The molecule has 0 unspecified atom stereocenters. The maximum absolute atomic E-state index is 5.54. The Bertz CT molecular complexity index is 866. The summed E-state index contributed by atoms with van der Waals surface area (Å²) >= 11 is 5.54. The first-order chi connectivity index (χ1) is 9.89. The number of nitrogens with zero attached hydrogens (tertiary/aromatic N) is 2. The molecule has 2 aromatic heterocycles. The van der Waals surface area contributed by atoms with Crippen LogP contribution in [0.3, 0.4) is 0 Å². The zero-order chi connectivity index (χ0) is 15.2. The van der Waals surface area contributed by atoms with Crippen LogP contribution < -0.4 is 0 Å². The molecule has 0 aliphatic heterocycles. The minimum atomic E-state index is 0.0405. The van der Waals surface area contributed by atoms with E-state index in [0.717, 1.165) is 22.4 Å². The Morgan fingerprint density at radius 1 is 1.14 bits per heavy atom. The fourth-order valence-corrected chi connectivity index (χ4v) is 2.94.